The van der Waals surface area contributed by atoms with Gasteiger partial charge < -0.3 is 15.5 Å². The van der Waals surface area contributed by atoms with Gasteiger partial charge in [0, 0.05) is 28.8 Å². The van der Waals surface area contributed by atoms with Gasteiger partial charge in [-0.2, -0.15) is 5.10 Å². The van der Waals surface area contributed by atoms with Gasteiger partial charge in [0.2, 0.25) is 5.91 Å². The molecule has 1 aromatic carbocycles. The summed E-state index contributed by atoms with van der Waals surface area (Å²) >= 11 is 0. The number of halogens is 2. The number of fused-ring (bicyclic) bond motifs is 2. The van der Waals surface area contributed by atoms with Crippen LogP contribution >= 0.6 is 0 Å². The normalized spacial score (nSPS) is 21.2. The van der Waals surface area contributed by atoms with E-state index in [-0.39, 0.29) is 24.2 Å². The number of carbonyl (C=O) groups excluding carboxylic acids is 1. The lowest BCUT2D eigenvalue weighted by molar-refractivity contribution is -0.117. The van der Waals surface area contributed by atoms with Gasteiger partial charge in [-0.25, -0.2) is 13.8 Å². The number of imidazole rings is 1. The van der Waals surface area contributed by atoms with Crippen molar-refractivity contribution in [2.75, 3.05) is 5.32 Å². The molecule has 0 radical (unpaired) electrons. The Bertz CT molecular complexity index is 1390. The molecule has 2 aliphatic carbocycles. The second-order valence-corrected chi connectivity index (χ2v) is 8.76. The van der Waals surface area contributed by atoms with Gasteiger partial charge in [-0.1, -0.05) is 0 Å². The molecule has 3 heterocycles. The summed E-state index contributed by atoms with van der Waals surface area (Å²) in [6, 6.07) is -0.378. The number of anilines is 1. The highest BCUT2D eigenvalue weighted by Gasteiger charge is 2.43. The molecule has 1 amide bonds. The minimum atomic E-state index is -1.08. The maximum Gasteiger partial charge on any atom is 0.231 e. The van der Waals surface area contributed by atoms with Crippen LogP contribution in [0.25, 0.3) is 27.8 Å². The summed E-state index contributed by atoms with van der Waals surface area (Å²) in [6.07, 6.45) is 7.74. The van der Waals surface area contributed by atoms with Gasteiger partial charge >= 0.3 is 0 Å². The van der Waals surface area contributed by atoms with E-state index in [1.807, 2.05) is 0 Å². The molecule has 3 atom stereocenters. The predicted octanol–water partition coefficient (Wildman–Crippen LogP) is 3.43. The highest BCUT2D eigenvalue weighted by atomic mass is 19.1. The average Bonchev–Trinajstić information content (AvgIpc) is 3.66. The number of alkyl halides is 1. The molecule has 2 saturated carbocycles. The van der Waals surface area contributed by atoms with Gasteiger partial charge in [-0.3, -0.25) is 14.9 Å². The summed E-state index contributed by atoms with van der Waals surface area (Å²) in [6.45, 7) is 1.72. The number of aromatic amines is 1. The lowest BCUT2D eigenvalue weighted by Crippen LogP contribution is -2.16. The Morgan fingerprint density at radius 2 is 2.12 bits per heavy atom. The number of aromatic nitrogens is 5. The molecule has 6 rings (SSSR count). The number of nitrogens with two attached hydrogens (primary N) is 1. The monoisotopic (exact) mass is 437 g/mol. The van der Waals surface area contributed by atoms with Crippen LogP contribution in [-0.4, -0.2) is 36.6 Å². The van der Waals surface area contributed by atoms with E-state index in [0.29, 0.717) is 45.3 Å². The molecular weight excluding hydrogens is 416 g/mol. The Morgan fingerprint density at radius 3 is 2.84 bits per heavy atom. The molecule has 0 bridgehead atoms. The van der Waals surface area contributed by atoms with Gasteiger partial charge in [0.25, 0.3) is 0 Å². The first-order valence-electron chi connectivity index (χ1n) is 10.6. The Balaban J connectivity index is 1.42. The first-order valence-corrected chi connectivity index (χ1v) is 10.6. The quantitative estimate of drug-likeness (QED) is 0.443. The smallest absolute Gasteiger partial charge is 0.231 e. The van der Waals surface area contributed by atoms with Crippen LogP contribution in [0, 0.1) is 24.6 Å². The molecule has 1 unspecified atom stereocenters. The van der Waals surface area contributed by atoms with Crippen LogP contribution in [0.15, 0.2) is 24.8 Å². The molecular formula is C22H21F2N7O. The molecule has 4 aromatic rings. The Hall–Kier alpha value is -3.40. The second kappa shape index (κ2) is 6.80. The Kier molecular flexibility index (Phi) is 4.10. The van der Waals surface area contributed by atoms with Gasteiger partial charge in [-0.05, 0) is 37.7 Å². The van der Waals surface area contributed by atoms with Crippen molar-refractivity contribution in [1.29, 1.82) is 0 Å². The zero-order valence-electron chi connectivity index (χ0n) is 17.3. The number of rotatable bonds is 5. The van der Waals surface area contributed by atoms with Crippen molar-refractivity contribution in [2.24, 2.45) is 17.6 Å². The molecule has 4 N–H and O–H groups in total. The van der Waals surface area contributed by atoms with E-state index >= 15 is 4.39 Å². The minimum absolute atomic E-state index is 0.247. The lowest BCUT2D eigenvalue weighted by atomic mass is 9.92. The van der Waals surface area contributed by atoms with Crippen molar-refractivity contribution in [2.45, 2.75) is 38.4 Å². The molecule has 0 spiro atoms. The van der Waals surface area contributed by atoms with Crippen LogP contribution < -0.4 is 11.1 Å². The van der Waals surface area contributed by atoms with Crippen LogP contribution in [0.5, 0.6) is 0 Å². The third-order valence-electron chi connectivity index (χ3n) is 6.48. The SMILES string of the molecule is Cc1c(F)c(C(N)C2CC2)c2[nH]ncc2c1-c1cn2cc(NC(=O)[C@@H]3C[C@@H]3F)nc2cn1. The molecule has 3 aromatic heterocycles. The van der Waals surface area contributed by atoms with Gasteiger partial charge in [0.15, 0.2) is 11.5 Å². The molecule has 164 valence electrons. The van der Waals surface area contributed by atoms with Gasteiger partial charge in [-0.15, -0.1) is 0 Å². The van der Waals surface area contributed by atoms with Gasteiger partial charge in [0.1, 0.15) is 12.0 Å². The molecule has 0 aliphatic heterocycles. The standard InChI is InChI=1S/C22H21F2N7O/c1-9-17(12-5-27-30-21(12)18(19(9)24)20(25)10-2-3-10)14-7-31-8-15(28-16(31)6-26-14)29-22(32)11-4-13(11)23/h5-8,10-11,13,20H,2-4,25H2,1H3,(H,27,30)(H,29,32)/t11-,13+,20?/m1/s1. The number of carbonyl (C=O) groups is 1. The van der Waals surface area contributed by atoms with Crippen LogP contribution in [0.2, 0.25) is 0 Å². The first kappa shape index (κ1) is 19.3. The number of H-pyrrole nitrogens is 1. The van der Waals surface area contributed by atoms with Crippen LogP contribution in [0.3, 0.4) is 0 Å². The summed E-state index contributed by atoms with van der Waals surface area (Å²) in [4.78, 5) is 20.8. The topological polar surface area (TPSA) is 114 Å². The third kappa shape index (κ3) is 2.97. The molecule has 8 nitrogen and oxygen atoms in total. The highest BCUT2D eigenvalue weighted by Crippen LogP contribution is 2.44. The van der Waals surface area contributed by atoms with Crippen LogP contribution in [0.1, 0.15) is 36.4 Å². The van der Waals surface area contributed by atoms with E-state index < -0.39 is 12.1 Å². The van der Waals surface area contributed by atoms with Crippen molar-refractivity contribution in [3.05, 3.63) is 41.7 Å². The van der Waals surface area contributed by atoms with E-state index in [1.165, 1.54) is 0 Å². The summed E-state index contributed by atoms with van der Waals surface area (Å²) < 4.78 is 30.3. The molecule has 2 aliphatic rings. The van der Waals surface area contributed by atoms with Crippen molar-refractivity contribution in [3.8, 4) is 11.3 Å². The van der Waals surface area contributed by atoms with Crippen molar-refractivity contribution < 1.29 is 13.6 Å². The average molecular weight is 437 g/mol. The van der Waals surface area contributed by atoms with Crippen molar-refractivity contribution in [1.82, 2.24) is 24.6 Å². The Labute approximate surface area is 181 Å². The number of hydrogen-bond donors (Lipinski definition) is 3. The van der Waals surface area contributed by atoms with E-state index in [1.54, 1.807) is 36.1 Å². The number of amides is 1. The van der Waals surface area contributed by atoms with Crippen molar-refractivity contribution >= 4 is 28.3 Å². The van der Waals surface area contributed by atoms with E-state index in [0.717, 1.165) is 18.2 Å². The minimum Gasteiger partial charge on any atom is -0.324 e. The fourth-order valence-electron chi connectivity index (χ4n) is 4.38. The molecule has 10 heteroatoms. The van der Waals surface area contributed by atoms with E-state index in [9.17, 15) is 9.18 Å². The van der Waals surface area contributed by atoms with Gasteiger partial charge in [0.05, 0.1) is 35.7 Å². The summed E-state index contributed by atoms with van der Waals surface area (Å²) in [7, 11) is 0. The fourth-order valence-corrected chi connectivity index (χ4v) is 4.38. The first-order chi connectivity index (χ1) is 15.4. The molecule has 2 fully saturated rings. The van der Waals surface area contributed by atoms with E-state index in [4.69, 9.17) is 5.73 Å². The molecule has 32 heavy (non-hydrogen) atoms. The third-order valence-corrected chi connectivity index (χ3v) is 6.48. The largest absolute Gasteiger partial charge is 0.324 e. The lowest BCUT2D eigenvalue weighted by Gasteiger charge is -2.17. The van der Waals surface area contributed by atoms with Crippen LogP contribution in [-0.2, 0) is 4.79 Å². The maximum atomic E-state index is 15.5. The molecule has 0 saturated heterocycles. The second-order valence-electron chi connectivity index (χ2n) is 8.76. The zero-order chi connectivity index (χ0) is 22.1. The summed E-state index contributed by atoms with van der Waals surface area (Å²) in [5.74, 6) is -0.723. The summed E-state index contributed by atoms with van der Waals surface area (Å²) in [5, 5.41) is 10.5. The van der Waals surface area contributed by atoms with E-state index in [2.05, 4.69) is 25.5 Å². The van der Waals surface area contributed by atoms with Crippen molar-refractivity contribution in [3.63, 3.8) is 0 Å². The predicted molar refractivity (Wildman–Crippen MR) is 114 cm³/mol. The number of nitrogens with zero attached hydrogens (tertiary/aromatic N) is 4. The summed E-state index contributed by atoms with van der Waals surface area (Å²) in [5.41, 5.74) is 9.54. The number of nitrogens with one attached hydrogen (secondary N) is 2. The Morgan fingerprint density at radius 1 is 1.34 bits per heavy atom. The fraction of sp³-hybridized carbons (Fsp3) is 0.364. The highest BCUT2D eigenvalue weighted by molar-refractivity contribution is 5.97. The number of benzene rings is 1. The zero-order valence-corrected chi connectivity index (χ0v) is 17.3. The maximum absolute atomic E-state index is 15.5. The number of hydrogen-bond acceptors (Lipinski definition) is 5. The van der Waals surface area contributed by atoms with Crippen LogP contribution in [0.4, 0.5) is 14.6 Å².